The lowest BCUT2D eigenvalue weighted by molar-refractivity contribution is -0.0269. The minimum absolute atomic E-state index is 0.191. The Kier molecular flexibility index (Phi) is 5.28. The number of halogens is 2. The smallest absolute Gasteiger partial charge is 0.412 e. The summed E-state index contributed by atoms with van der Waals surface area (Å²) in [7, 11) is 0. The van der Waals surface area contributed by atoms with E-state index in [9.17, 15) is 13.6 Å². The molecule has 0 aromatic heterocycles. The van der Waals surface area contributed by atoms with Crippen LogP contribution in [0.2, 0.25) is 0 Å². The molecule has 0 aliphatic carbocycles. The number of aryl methyl sites for hydroxylation is 1. The number of ether oxygens (including phenoxy) is 1. The normalized spacial score (nSPS) is 12.1. The Balaban J connectivity index is 2.86. The molecule has 4 nitrogen and oxygen atoms in total. The molecule has 0 saturated carbocycles. The fraction of sp³-hybridized carbons (Fsp3) is 0.533. The third-order valence-corrected chi connectivity index (χ3v) is 2.71. The Bertz CT molecular complexity index is 510. The van der Waals surface area contributed by atoms with Crippen molar-refractivity contribution in [2.45, 2.75) is 45.6 Å². The number of alkyl halides is 2. The molecule has 0 radical (unpaired) electrons. The van der Waals surface area contributed by atoms with Gasteiger partial charge in [-0.25, -0.2) is 13.6 Å². The van der Waals surface area contributed by atoms with Gasteiger partial charge in [0.05, 0.1) is 0 Å². The highest BCUT2D eigenvalue weighted by Gasteiger charge is 2.31. The number of anilines is 1. The highest BCUT2D eigenvalue weighted by molar-refractivity contribution is 5.85. The average Bonchev–Trinajstić information content (AvgIpc) is 2.29. The lowest BCUT2D eigenvalue weighted by Gasteiger charge is -2.21. The molecule has 0 spiro atoms. The van der Waals surface area contributed by atoms with Gasteiger partial charge in [-0.15, -0.1) is 0 Å². The van der Waals surface area contributed by atoms with E-state index >= 15 is 0 Å². The number of benzene rings is 1. The Labute approximate surface area is 123 Å². The van der Waals surface area contributed by atoms with E-state index in [0.717, 1.165) is 0 Å². The minimum atomic E-state index is -3.09. The maximum Gasteiger partial charge on any atom is 0.412 e. The van der Waals surface area contributed by atoms with Crippen molar-refractivity contribution in [3.8, 4) is 0 Å². The van der Waals surface area contributed by atoms with Crippen LogP contribution < -0.4 is 5.32 Å². The number of rotatable bonds is 4. The van der Waals surface area contributed by atoms with Gasteiger partial charge in [0.25, 0.3) is 5.92 Å². The zero-order valence-electron chi connectivity index (χ0n) is 12.7. The van der Waals surface area contributed by atoms with Crippen molar-refractivity contribution in [3.05, 3.63) is 29.3 Å². The maximum atomic E-state index is 13.7. The van der Waals surface area contributed by atoms with Crippen LogP contribution in [0.15, 0.2) is 18.2 Å². The zero-order chi connectivity index (χ0) is 16.3. The molecule has 0 heterocycles. The number of amides is 1. The maximum absolute atomic E-state index is 13.7. The first-order valence-electron chi connectivity index (χ1n) is 6.65. The molecule has 1 aromatic rings. The number of aliphatic hydroxyl groups excluding tert-OH is 1. The number of aliphatic hydroxyl groups is 1. The molecule has 0 aliphatic heterocycles. The fourth-order valence-corrected chi connectivity index (χ4v) is 1.73. The predicted octanol–water partition coefficient (Wildman–Crippen LogP) is 3.82. The largest absolute Gasteiger partial charge is 0.444 e. The molecule has 1 amide bonds. The van der Waals surface area contributed by atoms with Gasteiger partial charge in [-0.05, 0) is 45.4 Å². The van der Waals surface area contributed by atoms with Gasteiger partial charge >= 0.3 is 6.09 Å². The molecule has 6 heteroatoms. The van der Waals surface area contributed by atoms with E-state index in [1.165, 1.54) is 18.2 Å². The second-order valence-corrected chi connectivity index (χ2v) is 5.83. The molecule has 1 aromatic carbocycles. The Morgan fingerprint density at radius 2 is 1.95 bits per heavy atom. The third-order valence-electron chi connectivity index (χ3n) is 2.71. The lowest BCUT2D eigenvalue weighted by atomic mass is 10.0. The second-order valence-electron chi connectivity index (χ2n) is 5.83. The van der Waals surface area contributed by atoms with Gasteiger partial charge in [-0.3, -0.25) is 5.32 Å². The van der Waals surface area contributed by atoms with E-state index < -0.39 is 30.6 Å². The molecular formula is C15H21F2NO3. The van der Waals surface area contributed by atoms with Crippen LogP contribution >= 0.6 is 0 Å². The van der Waals surface area contributed by atoms with Gasteiger partial charge in [0.15, 0.2) is 0 Å². The number of carbonyl (C=O) groups excluding carboxylic acids is 1. The first-order valence-corrected chi connectivity index (χ1v) is 6.65. The molecule has 0 atom stereocenters. The quantitative estimate of drug-likeness (QED) is 0.889. The second kappa shape index (κ2) is 6.39. The van der Waals surface area contributed by atoms with Gasteiger partial charge < -0.3 is 9.84 Å². The van der Waals surface area contributed by atoms with Crippen molar-refractivity contribution in [1.82, 2.24) is 0 Å². The van der Waals surface area contributed by atoms with E-state index in [1.807, 2.05) is 0 Å². The summed E-state index contributed by atoms with van der Waals surface area (Å²) in [6.45, 7) is 6.23. The van der Waals surface area contributed by atoms with Crippen molar-refractivity contribution in [1.29, 1.82) is 0 Å². The van der Waals surface area contributed by atoms with E-state index in [1.54, 1.807) is 27.7 Å². The van der Waals surface area contributed by atoms with Crippen LogP contribution in [0, 0.1) is 6.92 Å². The third kappa shape index (κ3) is 5.30. The lowest BCUT2D eigenvalue weighted by Crippen LogP contribution is -2.27. The highest BCUT2D eigenvalue weighted by atomic mass is 19.3. The first kappa shape index (κ1) is 17.4. The molecule has 2 N–H and O–H groups in total. The number of hydrogen-bond acceptors (Lipinski definition) is 3. The van der Waals surface area contributed by atoms with E-state index in [-0.39, 0.29) is 5.56 Å². The Hall–Kier alpha value is -1.69. The predicted molar refractivity (Wildman–Crippen MR) is 76.6 cm³/mol. The molecule has 118 valence electrons. The summed E-state index contributed by atoms with van der Waals surface area (Å²) < 4.78 is 32.5. The fourth-order valence-electron chi connectivity index (χ4n) is 1.73. The molecular weight excluding hydrogens is 280 g/mol. The van der Waals surface area contributed by atoms with E-state index in [4.69, 9.17) is 9.84 Å². The number of carbonyl (C=O) groups is 1. The summed E-state index contributed by atoms with van der Waals surface area (Å²) in [4.78, 5) is 11.7. The molecule has 0 saturated heterocycles. The SMILES string of the molecule is Cc1cc(C(F)(F)CCO)ccc1NC(=O)OC(C)(C)C. The van der Waals surface area contributed by atoms with Crippen LogP contribution in [-0.2, 0) is 10.7 Å². The van der Waals surface area contributed by atoms with E-state index in [2.05, 4.69) is 5.32 Å². The summed E-state index contributed by atoms with van der Waals surface area (Å²) in [6.07, 6.45) is -1.27. The zero-order valence-corrected chi connectivity index (χ0v) is 12.7. The van der Waals surface area contributed by atoms with Gasteiger partial charge in [0.1, 0.15) is 5.60 Å². The monoisotopic (exact) mass is 301 g/mol. The summed E-state index contributed by atoms with van der Waals surface area (Å²) in [6, 6.07) is 3.93. The summed E-state index contributed by atoms with van der Waals surface area (Å²) >= 11 is 0. The standard InChI is InChI=1S/C15H21F2NO3/c1-10-9-11(15(16,17)7-8-19)5-6-12(10)18-13(20)21-14(2,3)4/h5-6,9,19H,7-8H2,1-4H3,(H,18,20). The summed E-state index contributed by atoms with van der Waals surface area (Å²) in [5, 5.41) is 11.2. The van der Waals surface area contributed by atoms with Crippen LogP contribution in [0.3, 0.4) is 0 Å². The topological polar surface area (TPSA) is 58.6 Å². The van der Waals surface area contributed by atoms with Gasteiger partial charge in [0, 0.05) is 24.3 Å². The summed E-state index contributed by atoms with van der Waals surface area (Å²) in [5.41, 5.74) is 0.0825. The molecule has 0 unspecified atom stereocenters. The van der Waals surface area contributed by atoms with Gasteiger partial charge in [-0.2, -0.15) is 0 Å². The first-order chi connectivity index (χ1) is 9.55. The molecule has 0 bridgehead atoms. The van der Waals surface area contributed by atoms with Gasteiger partial charge in [-0.1, -0.05) is 6.07 Å². The van der Waals surface area contributed by atoms with Crippen molar-refractivity contribution in [3.63, 3.8) is 0 Å². The molecule has 0 fully saturated rings. The van der Waals surface area contributed by atoms with Crippen LogP contribution in [0.1, 0.15) is 38.3 Å². The van der Waals surface area contributed by atoms with Crippen LogP contribution in [-0.4, -0.2) is 23.4 Å². The van der Waals surface area contributed by atoms with Gasteiger partial charge in [0.2, 0.25) is 0 Å². The Morgan fingerprint density at radius 3 is 2.43 bits per heavy atom. The molecule has 0 aliphatic rings. The minimum Gasteiger partial charge on any atom is -0.444 e. The van der Waals surface area contributed by atoms with Crippen molar-refractivity contribution in [2.75, 3.05) is 11.9 Å². The van der Waals surface area contributed by atoms with Crippen LogP contribution in [0.4, 0.5) is 19.3 Å². The molecule has 1 rings (SSSR count). The Morgan fingerprint density at radius 1 is 1.33 bits per heavy atom. The van der Waals surface area contributed by atoms with Crippen molar-refractivity contribution < 1.29 is 23.4 Å². The van der Waals surface area contributed by atoms with Crippen LogP contribution in [0.5, 0.6) is 0 Å². The van der Waals surface area contributed by atoms with Crippen LogP contribution in [0.25, 0.3) is 0 Å². The van der Waals surface area contributed by atoms with E-state index in [0.29, 0.717) is 11.3 Å². The molecule has 21 heavy (non-hydrogen) atoms. The summed E-state index contributed by atoms with van der Waals surface area (Å²) in [5.74, 6) is -3.09. The van der Waals surface area contributed by atoms with Crippen molar-refractivity contribution in [2.24, 2.45) is 0 Å². The average molecular weight is 301 g/mol. The number of nitrogens with one attached hydrogen (secondary N) is 1. The number of hydrogen-bond donors (Lipinski definition) is 2. The highest BCUT2D eigenvalue weighted by Crippen LogP contribution is 2.33. The van der Waals surface area contributed by atoms with Crippen molar-refractivity contribution >= 4 is 11.8 Å².